The van der Waals surface area contributed by atoms with E-state index in [1.54, 1.807) is 13.2 Å². The number of carbonyl (C=O) groups is 2. The van der Waals surface area contributed by atoms with Gasteiger partial charge in [-0.05, 0) is 18.6 Å². The van der Waals surface area contributed by atoms with Gasteiger partial charge in [0, 0.05) is 19.7 Å². The molecule has 1 aromatic heterocycles. The first-order valence-corrected chi connectivity index (χ1v) is 6.23. The van der Waals surface area contributed by atoms with Gasteiger partial charge in [-0.25, -0.2) is 4.79 Å². The van der Waals surface area contributed by atoms with Crippen LogP contribution in [-0.2, 0) is 16.1 Å². The number of hydrogen-bond donors (Lipinski definition) is 1. The minimum Gasteiger partial charge on any atom is -0.444 e. The Labute approximate surface area is 111 Å². The second kappa shape index (κ2) is 6.17. The Morgan fingerprint density at radius 3 is 3.05 bits per heavy atom. The first kappa shape index (κ1) is 13.3. The van der Waals surface area contributed by atoms with Crippen LogP contribution in [0.5, 0.6) is 0 Å². The molecule has 2 rings (SSSR count). The van der Waals surface area contributed by atoms with Gasteiger partial charge in [0.25, 0.3) is 0 Å². The molecule has 2 amide bonds. The summed E-state index contributed by atoms with van der Waals surface area (Å²) in [5, 5.41) is 2.79. The van der Waals surface area contributed by atoms with Crippen LogP contribution >= 0.6 is 0 Å². The summed E-state index contributed by atoms with van der Waals surface area (Å²) in [6.45, 7) is 0.969. The summed E-state index contributed by atoms with van der Waals surface area (Å²) in [6, 6.07) is 5.56. The summed E-state index contributed by atoms with van der Waals surface area (Å²) in [7, 11) is 1.68. The maximum atomic E-state index is 11.6. The van der Waals surface area contributed by atoms with E-state index in [2.05, 4.69) is 10.3 Å². The molecule has 0 radical (unpaired) electrons. The van der Waals surface area contributed by atoms with Crippen LogP contribution < -0.4 is 5.32 Å². The van der Waals surface area contributed by atoms with Gasteiger partial charge in [0.2, 0.25) is 5.91 Å². The second-order valence-corrected chi connectivity index (χ2v) is 4.52. The number of aromatic nitrogens is 1. The minimum atomic E-state index is -0.320. The molecule has 1 aliphatic heterocycles. The smallest absolute Gasteiger partial charge is 0.409 e. The van der Waals surface area contributed by atoms with Crippen LogP contribution in [0.15, 0.2) is 24.4 Å². The van der Waals surface area contributed by atoms with Crippen molar-refractivity contribution >= 4 is 12.0 Å². The summed E-state index contributed by atoms with van der Waals surface area (Å²) in [4.78, 5) is 28.4. The average Bonchev–Trinajstić information content (AvgIpc) is 2.74. The highest BCUT2D eigenvalue weighted by atomic mass is 16.6. The Kier molecular flexibility index (Phi) is 4.33. The Morgan fingerprint density at radius 1 is 1.58 bits per heavy atom. The van der Waals surface area contributed by atoms with Crippen molar-refractivity contribution in [1.82, 2.24) is 15.2 Å². The molecular weight excluding hydrogens is 246 g/mol. The fourth-order valence-corrected chi connectivity index (χ4v) is 1.87. The van der Waals surface area contributed by atoms with E-state index in [0.717, 1.165) is 5.69 Å². The standard InChI is InChI=1S/C13H17N3O3/c1-16-9-11(19-13(16)18)5-6-12(17)15-8-10-4-2-3-7-14-10/h2-4,7,11H,5-6,8-9H2,1H3,(H,15,17). The monoisotopic (exact) mass is 263 g/mol. The van der Waals surface area contributed by atoms with Gasteiger partial charge in [0.05, 0.1) is 18.8 Å². The quantitative estimate of drug-likeness (QED) is 0.857. The molecule has 0 saturated carbocycles. The van der Waals surface area contributed by atoms with Gasteiger partial charge in [-0.2, -0.15) is 0 Å². The van der Waals surface area contributed by atoms with Crippen LogP contribution in [-0.4, -0.2) is 41.6 Å². The molecule has 1 aliphatic rings. The van der Waals surface area contributed by atoms with Crippen LogP contribution in [0.1, 0.15) is 18.5 Å². The molecule has 1 unspecified atom stereocenters. The maximum Gasteiger partial charge on any atom is 0.409 e. The molecule has 102 valence electrons. The van der Waals surface area contributed by atoms with Crippen molar-refractivity contribution in [3.05, 3.63) is 30.1 Å². The van der Waals surface area contributed by atoms with E-state index < -0.39 is 0 Å². The topological polar surface area (TPSA) is 71.5 Å². The maximum absolute atomic E-state index is 11.6. The Hall–Kier alpha value is -2.11. The van der Waals surface area contributed by atoms with E-state index >= 15 is 0 Å². The SMILES string of the molecule is CN1CC(CCC(=O)NCc2ccccn2)OC1=O. The highest BCUT2D eigenvalue weighted by molar-refractivity contribution is 5.76. The zero-order valence-electron chi connectivity index (χ0n) is 10.8. The Morgan fingerprint density at radius 2 is 2.42 bits per heavy atom. The molecule has 0 aromatic carbocycles. The molecule has 1 aromatic rings. The third-order valence-electron chi connectivity index (χ3n) is 2.94. The molecule has 19 heavy (non-hydrogen) atoms. The van der Waals surface area contributed by atoms with Gasteiger partial charge < -0.3 is 15.0 Å². The predicted molar refractivity (Wildman–Crippen MR) is 68.2 cm³/mol. The van der Waals surface area contributed by atoms with E-state index in [1.165, 1.54) is 4.90 Å². The second-order valence-electron chi connectivity index (χ2n) is 4.52. The van der Waals surface area contributed by atoms with Crippen LogP contribution in [0, 0.1) is 0 Å². The van der Waals surface area contributed by atoms with E-state index in [-0.39, 0.29) is 18.1 Å². The molecule has 1 N–H and O–H groups in total. The number of cyclic esters (lactones) is 1. The highest BCUT2D eigenvalue weighted by Gasteiger charge is 2.28. The molecule has 1 atom stereocenters. The third kappa shape index (κ3) is 3.94. The first-order valence-electron chi connectivity index (χ1n) is 6.23. The Bertz CT molecular complexity index is 450. The normalized spacial score (nSPS) is 18.3. The van der Waals surface area contributed by atoms with Gasteiger partial charge in [0.15, 0.2) is 0 Å². The lowest BCUT2D eigenvalue weighted by Gasteiger charge is -2.08. The fourth-order valence-electron chi connectivity index (χ4n) is 1.87. The minimum absolute atomic E-state index is 0.0590. The van der Waals surface area contributed by atoms with Crippen molar-refractivity contribution in [3.8, 4) is 0 Å². The van der Waals surface area contributed by atoms with Crippen molar-refractivity contribution in [1.29, 1.82) is 0 Å². The van der Waals surface area contributed by atoms with E-state index in [1.807, 2.05) is 18.2 Å². The molecule has 6 heteroatoms. The molecule has 0 spiro atoms. The number of amides is 2. The summed E-state index contributed by atoms with van der Waals surface area (Å²) in [5.74, 6) is -0.0590. The number of ether oxygens (including phenoxy) is 1. The number of nitrogens with one attached hydrogen (secondary N) is 1. The number of carbonyl (C=O) groups excluding carboxylic acids is 2. The van der Waals surface area contributed by atoms with Gasteiger partial charge in [-0.3, -0.25) is 9.78 Å². The van der Waals surface area contributed by atoms with Crippen LogP contribution in [0.2, 0.25) is 0 Å². The molecule has 2 heterocycles. The number of hydrogen-bond acceptors (Lipinski definition) is 4. The summed E-state index contributed by atoms with van der Waals surface area (Å²) in [5.41, 5.74) is 0.822. The van der Waals surface area contributed by atoms with Crippen molar-refractivity contribution in [2.75, 3.05) is 13.6 Å². The zero-order chi connectivity index (χ0) is 13.7. The van der Waals surface area contributed by atoms with Crippen LogP contribution in [0.4, 0.5) is 4.79 Å². The summed E-state index contributed by atoms with van der Waals surface area (Å²) in [6.07, 6.45) is 2.08. The molecule has 1 saturated heterocycles. The molecule has 6 nitrogen and oxygen atoms in total. The molecule has 0 bridgehead atoms. The number of likely N-dealkylation sites (N-methyl/N-ethyl adjacent to an activating group) is 1. The van der Waals surface area contributed by atoms with Crippen LogP contribution in [0.3, 0.4) is 0 Å². The van der Waals surface area contributed by atoms with E-state index in [9.17, 15) is 9.59 Å². The largest absolute Gasteiger partial charge is 0.444 e. The number of rotatable bonds is 5. The third-order valence-corrected chi connectivity index (χ3v) is 2.94. The molecular formula is C13H17N3O3. The predicted octanol–water partition coefficient (Wildman–Crippen LogP) is 0.929. The van der Waals surface area contributed by atoms with Crippen molar-refractivity contribution in [2.45, 2.75) is 25.5 Å². The van der Waals surface area contributed by atoms with Crippen molar-refractivity contribution in [2.24, 2.45) is 0 Å². The summed E-state index contributed by atoms with van der Waals surface area (Å²) < 4.78 is 5.08. The average molecular weight is 263 g/mol. The highest BCUT2D eigenvalue weighted by Crippen LogP contribution is 2.13. The lowest BCUT2D eigenvalue weighted by molar-refractivity contribution is -0.121. The van der Waals surface area contributed by atoms with E-state index in [4.69, 9.17) is 4.74 Å². The fraction of sp³-hybridized carbons (Fsp3) is 0.462. The lowest BCUT2D eigenvalue weighted by atomic mass is 10.2. The van der Waals surface area contributed by atoms with Crippen molar-refractivity contribution in [3.63, 3.8) is 0 Å². The van der Waals surface area contributed by atoms with Gasteiger partial charge >= 0.3 is 6.09 Å². The van der Waals surface area contributed by atoms with Crippen molar-refractivity contribution < 1.29 is 14.3 Å². The first-order chi connectivity index (χ1) is 9.15. The molecule has 0 aliphatic carbocycles. The van der Waals surface area contributed by atoms with Gasteiger partial charge in [-0.15, -0.1) is 0 Å². The zero-order valence-corrected chi connectivity index (χ0v) is 10.8. The summed E-state index contributed by atoms with van der Waals surface area (Å²) >= 11 is 0. The van der Waals surface area contributed by atoms with Crippen LogP contribution in [0.25, 0.3) is 0 Å². The number of nitrogens with zero attached hydrogens (tertiary/aromatic N) is 2. The van der Waals surface area contributed by atoms with Gasteiger partial charge in [-0.1, -0.05) is 6.07 Å². The van der Waals surface area contributed by atoms with E-state index in [0.29, 0.717) is 25.9 Å². The molecule has 1 fully saturated rings. The number of pyridine rings is 1. The lowest BCUT2D eigenvalue weighted by Crippen LogP contribution is -2.25. The van der Waals surface area contributed by atoms with Gasteiger partial charge in [0.1, 0.15) is 6.10 Å². The Balaban J connectivity index is 1.67.